The van der Waals surface area contributed by atoms with Gasteiger partial charge in [0.1, 0.15) is 12.1 Å². The van der Waals surface area contributed by atoms with Crippen LogP contribution >= 0.6 is 0 Å². The van der Waals surface area contributed by atoms with Crippen molar-refractivity contribution in [3.8, 4) is 0 Å². The Kier molecular flexibility index (Phi) is 4.71. The van der Waals surface area contributed by atoms with E-state index in [0.29, 0.717) is 17.8 Å². The highest BCUT2D eigenvalue weighted by Crippen LogP contribution is 2.15. The number of aromatic nitrogens is 2. The van der Waals surface area contributed by atoms with E-state index in [4.69, 9.17) is 0 Å². The van der Waals surface area contributed by atoms with E-state index >= 15 is 0 Å². The Labute approximate surface area is 98.7 Å². The Balaban J connectivity index is 2.57. The molecular formula is C13H23N3. The molecule has 0 bridgehead atoms. The molecule has 1 atom stereocenters. The minimum atomic E-state index is 0.450. The molecule has 0 saturated carbocycles. The highest BCUT2D eigenvalue weighted by atomic mass is 15.0. The number of anilines is 1. The molecule has 0 radical (unpaired) electrons. The molecule has 1 aromatic heterocycles. The topological polar surface area (TPSA) is 37.8 Å². The van der Waals surface area contributed by atoms with Crippen LogP contribution in [0.2, 0.25) is 0 Å². The second-order valence-electron chi connectivity index (χ2n) is 5.09. The van der Waals surface area contributed by atoms with Gasteiger partial charge in [-0.1, -0.05) is 34.6 Å². The van der Waals surface area contributed by atoms with E-state index in [2.05, 4.69) is 49.9 Å². The van der Waals surface area contributed by atoms with E-state index in [1.807, 2.05) is 6.07 Å². The van der Waals surface area contributed by atoms with Crippen LogP contribution in [0.1, 0.15) is 46.2 Å². The average Bonchev–Trinajstić information content (AvgIpc) is 2.26. The normalized spacial score (nSPS) is 13.2. The summed E-state index contributed by atoms with van der Waals surface area (Å²) in [5, 5.41) is 3.37. The van der Waals surface area contributed by atoms with Gasteiger partial charge in [0.2, 0.25) is 0 Å². The lowest BCUT2D eigenvalue weighted by atomic mass is 9.98. The number of rotatable bonds is 5. The quantitative estimate of drug-likeness (QED) is 0.829. The summed E-state index contributed by atoms with van der Waals surface area (Å²) in [6.07, 6.45) is 1.64. The first-order valence-electron chi connectivity index (χ1n) is 6.06. The lowest BCUT2D eigenvalue weighted by molar-refractivity contribution is 0.439. The molecule has 3 heteroatoms. The zero-order chi connectivity index (χ0) is 12.1. The SMILES string of the molecule is CC(C)c1cc(NCC(C)C(C)C)ncn1. The molecule has 1 rings (SSSR count). The van der Waals surface area contributed by atoms with Crippen molar-refractivity contribution in [3.05, 3.63) is 18.1 Å². The summed E-state index contributed by atoms with van der Waals surface area (Å²) in [7, 11) is 0. The zero-order valence-electron chi connectivity index (χ0n) is 11.0. The molecule has 90 valence electrons. The van der Waals surface area contributed by atoms with Crippen LogP contribution in [0.25, 0.3) is 0 Å². The molecular weight excluding hydrogens is 198 g/mol. The van der Waals surface area contributed by atoms with Crippen LogP contribution in [-0.2, 0) is 0 Å². The van der Waals surface area contributed by atoms with Crippen LogP contribution in [-0.4, -0.2) is 16.5 Å². The van der Waals surface area contributed by atoms with Gasteiger partial charge in [0.15, 0.2) is 0 Å². The van der Waals surface area contributed by atoms with Crippen molar-refractivity contribution in [2.45, 2.75) is 40.5 Å². The van der Waals surface area contributed by atoms with Gasteiger partial charge >= 0.3 is 0 Å². The van der Waals surface area contributed by atoms with Crippen molar-refractivity contribution in [2.75, 3.05) is 11.9 Å². The first-order chi connectivity index (χ1) is 7.50. The Morgan fingerprint density at radius 3 is 2.38 bits per heavy atom. The monoisotopic (exact) mass is 221 g/mol. The van der Waals surface area contributed by atoms with Crippen LogP contribution < -0.4 is 5.32 Å². The lowest BCUT2D eigenvalue weighted by Gasteiger charge is -2.16. The maximum absolute atomic E-state index is 4.25. The van der Waals surface area contributed by atoms with Crippen LogP contribution in [0, 0.1) is 11.8 Å². The second-order valence-corrected chi connectivity index (χ2v) is 5.09. The summed E-state index contributed by atoms with van der Waals surface area (Å²) < 4.78 is 0. The molecule has 1 N–H and O–H groups in total. The number of nitrogens with one attached hydrogen (secondary N) is 1. The van der Waals surface area contributed by atoms with E-state index < -0.39 is 0 Å². The summed E-state index contributed by atoms with van der Waals surface area (Å²) in [5.41, 5.74) is 1.09. The molecule has 0 aliphatic heterocycles. The van der Waals surface area contributed by atoms with E-state index in [0.717, 1.165) is 18.1 Å². The molecule has 0 aliphatic carbocycles. The summed E-state index contributed by atoms with van der Waals surface area (Å²) in [5.74, 6) is 2.73. The van der Waals surface area contributed by atoms with Crippen LogP contribution in [0.5, 0.6) is 0 Å². The van der Waals surface area contributed by atoms with Crippen molar-refractivity contribution in [2.24, 2.45) is 11.8 Å². The first kappa shape index (κ1) is 12.9. The molecule has 0 saturated heterocycles. The molecule has 1 unspecified atom stereocenters. The minimum Gasteiger partial charge on any atom is -0.370 e. The zero-order valence-corrected chi connectivity index (χ0v) is 11.0. The van der Waals surface area contributed by atoms with E-state index in [1.54, 1.807) is 6.33 Å². The third-order valence-electron chi connectivity index (χ3n) is 3.02. The predicted molar refractivity (Wildman–Crippen MR) is 68.6 cm³/mol. The molecule has 16 heavy (non-hydrogen) atoms. The highest BCUT2D eigenvalue weighted by molar-refractivity contribution is 5.35. The van der Waals surface area contributed by atoms with Gasteiger partial charge in [0.05, 0.1) is 0 Å². The van der Waals surface area contributed by atoms with Gasteiger partial charge in [0, 0.05) is 18.3 Å². The van der Waals surface area contributed by atoms with E-state index in [1.165, 1.54) is 0 Å². The largest absolute Gasteiger partial charge is 0.370 e. The van der Waals surface area contributed by atoms with Crippen molar-refractivity contribution >= 4 is 5.82 Å². The van der Waals surface area contributed by atoms with Gasteiger partial charge < -0.3 is 5.32 Å². The smallest absolute Gasteiger partial charge is 0.129 e. The molecule has 1 aromatic rings. The molecule has 1 heterocycles. The fourth-order valence-corrected chi connectivity index (χ4v) is 1.29. The van der Waals surface area contributed by atoms with Gasteiger partial charge in [-0.05, 0) is 17.8 Å². The Morgan fingerprint density at radius 2 is 1.81 bits per heavy atom. The van der Waals surface area contributed by atoms with E-state index in [9.17, 15) is 0 Å². The maximum Gasteiger partial charge on any atom is 0.129 e. The van der Waals surface area contributed by atoms with Crippen LogP contribution in [0.15, 0.2) is 12.4 Å². The molecule has 3 nitrogen and oxygen atoms in total. The molecule has 0 aromatic carbocycles. The fraction of sp³-hybridized carbons (Fsp3) is 0.692. The summed E-state index contributed by atoms with van der Waals surface area (Å²) in [4.78, 5) is 8.48. The molecule has 0 amide bonds. The highest BCUT2D eigenvalue weighted by Gasteiger charge is 2.07. The number of hydrogen-bond donors (Lipinski definition) is 1. The van der Waals surface area contributed by atoms with Crippen LogP contribution in [0.3, 0.4) is 0 Å². The maximum atomic E-state index is 4.25. The molecule has 0 fully saturated rings. The van der Waals surface area contributed by atoms with Crippen molar-refractivity contribution in [1.29, 1.82) is 0 Å². The van der Waals surface area contributed by atoms with Gasteiger partial charge in [-0.3, -0.25) is 0 Å². The van der Waals surface area contributed by atoms with Crippen molar-refractivity contribution in [1.82, 2.24) is 9.97 Å². The Morgan fingerprint density at radius 1 is 1.12 bits per heavy atom. The third-order valence-corrected chi connectivity index (χ3v) is 3.02. The van der Waals surface area contributed by atoms with Crippen molar-refractivity contribution < 1.29 is 0 Å². The van der Waals surface area contributed by atoms with Crippen molar-refractivity contribution in [3.63, 3.8) is 0 Å². The number of nitrogens with zero attached hydrogens (tertiary/aromatic N) is 2. The van der Waals surface area contributed by atoms with Gasteiger partial charge in [0.25, 0.3) is 0 Å². The standard InChI is InChI=1S/C13H23N3/c1-9(2)11(5)7-14-13-6-12(10(3)4)15-8-16-13/h6,8-11H,7H2,1-5H3,(H,14,15,16). The fourth-order valence-electron chi connectivity index (χ4n) is 1.29. The molecule has 0 aliphatic rings. The summed E-state index contributed by atoms with van der Waals surface area (Å²) in [6.45, 7) is 12.0. The predicted octanol–water partition coefficient (Wildman–Crippen LogP) is 3.30. The summed E-state index contributed by atoms with van der Waals surface area (Å²) in [6, 6.07) is 2.04. The van der Waals surface area contributed by atoms with E-state index in [-0.39, 0.29) is 0 Å². The number of hydrogen-bond acceptors (Lipinski definition) is 3. The first-order valence-corrected chi connectivity index (χ1v) is 6.06. The average molecular weight is 221 g/mol. The molecule has 0 spiro atoms. The minimum absolute atomic E-state index is 0.450. The van der Waals surface area contributed by atoms with Gasteiger partial charge in [-0.25, -0.2) is 9.97 Å². The van der Waals surface area contributed by atoms with Crippen LogP contribution in [0.4, 0.5) is 5.82 Å². The van der Waals surface area contributed by atoms with Gasteiger partial charge in [-0.2, -0.15) is 0 Å². The Bertz CT molecular complexity index is 321. The summed E-state index contributed by atoms with van der Waals surface area (Å²) >= 11 is 0. The second kappa shape index (κ2) is 5.83. The lowest BCUT2D eigenvalue weighted by Crippen LogP contribution is -2.17. The Hall–Kier alpha value is -1.12. The third kappa shape index (κ3) is 3.80. The van der Waals surface area contributed by atoms with Gasteiger partial charge in [-0.15, -0.1) is 0 Å².